The summed E-state index contributed by atoms with van der Waals surface area (Å²) in [6.45, 7) is 1.62. The van der Waals surface area contributed by atoms with Crippen molar-refractivity contribution in [2.24, 2.45) is 0 Å². The molecule has 0 aliphatic carbocycles. The fourth-order valence-corrected chi connectivity index (χ4v) is 5.08. The molecule has 2 amide bonds. The van der Waals surface area contributed by atoms with Crippen LogP contribution >= 0.6 is 27.0 Å². The minimum atomic E-state index is -0.627. The second-order valence-electron chi connectivity index (χ2n) is 9.32. The first-order chi connectivity index (χ1) is 17.6. The molecule has 2 aromatic carbocycles. The molecular weight excluding hydrogens is 520 g/mol. The lowest BCUT2D eigenvalue weighted by atomic mass is 10.0. The maximum Gasteiger partial charge on any atom is 0.407 e. The zero-order valence-corrected chi connectivity index (χ0v) is 23.5. The Labute approximate surface area is 237 Å². The lowest BCUT2D eigenvalue weighted by Crippen LogP contribution is -2.48. The highest BCUT2D eigenvalue weighted by Gasteiger charge is 2.36. The van der Waals surface area contributed by atoms with Gasteiger partial charge in [-0.15, -0.1) is 0 Å². The van der Waals surface area contributed by atoms with Crippen LogP contribution < -0.4 is 5.32 Å². The Balaban J connectivity index is 0.00000200. The number of amides is 2. The Kier molecular flexibility index (Phi) is 10.7. The third-order valence-corrected chi connectivity index (χ3v) is 6.97. The van der Waals surface area contributed by atoms with Crippen LogP contribution in [0.3, 0.4) is 0 Å². The van der Waals surface area contributed by atoms with Gasteiger partial charge >= 0.3 is 6.09 Å². The number of nitrogens with zero attached hydrogens (tertiary/aromatic N) is 2. The van der Waals surface area contributed by atoms with Gasteiger partial charge in [-0.05, 0) is 43.2 Å². The summed E-state index contributed by atoms with van der Waals surface area (Å²) in [5.74, 6) is 0.674. The van der Waals surface area contributed by atoms with Crippen LogP contribution in [-0.4, -0.2) is 53.2 Å². The Bertz CT molecular complexity index is 1200. The highest BCUT2D eigenvalue weighted by molar-refractivity contribution is 7.59. The molecule has 2 aliphatic heterocycles. The minimum Gasteiger partial charge on any atom is -0.453 e. The number of H-pyrrole nitrogens is 1. The van der Waals surface area contributed by atoms with E-state index in [-0.39, 0.29) is 38.9 Å². The van der Waals surface area contributed by atoms with Crippen LogP contribution in [0.15, 0.2) is 54.6 Å². The molecule has 0 saturated carbocycles. The van der Waals surface area contributed by atoms with Crippen LogP contribution in [-0.2, 0) is 20.9 Å². The molecule has 1 fully saturated rings. The zero-order chi connectivity index (χ0) is 24.9. The van der Waals surface area contributed by atoms with Crippen LogP contribution in [0.1, 0.15) is 49.7 Å². The van der Waals surface area contributed by atoms with E-state index in [2.05, 4.69) is 46.7 Å². The number of aromatic amines is 1. The molecule has 5 rings (SSSR count). The Morgan fingerprint density at radius 2 is 1.71 bits per heavy atom. The van der Waals surface area contributed by atoms with Crippen molar-refractivity contribution in [1.82, 2.24) is 20.2 Å². The van der Waals surface area contributed by atoms with E-state index in [9.17, 15) is 9.59 Å². The topological polar surface area (TPSA) is 96.6 Å². The summed E-state index contributed by atoms with van der Waals surface area (Å²) in [5, 5.41) is 2.73. The molecule has 204 valence electrons. The smallest absolute Gasteiger partial charge is 0.407 e. The summed E-state index contributed by atoms with van der Waals surface area (Å²) in [5.41, 5.74) is 5.08. The molecule has 10 heteroatoms. The van der Waals surface area contributed by atoms with Gasteiger partial charge in [-0.1, -0.05) is 54.6 Å². The summed E-state index contributed by atoms with van der Waals surface area (Å²) < 4.78 is 10.8. The molecule has 2 atom stereocenters. The molecule has 38 heavy (non-hydrogen) atoms. The maximum absolute atomic E-state index is 13.5. The number of hydrogen-bond acceptors (Lipinski definition) is 5. The number of fused-ring (bicyclic) bond motifs is 4. The van der Waals surface area contributed by atoms with Gasteiger partial charge in [0.25, 0.3) is 0 Å². The molecule has 2 aliphatic rings. The van der Waals surface area contributed by atoms with Gasteiger partial charge in [-0.25, -0.2) is 9.78 Å². The number of ether oxygens (including phenoxy) is 2. The lowest BCUT2D eigenvalue weighted by Gasteiger charge is -2.28. The fourth-order valence-electron chi connectivity index (χ4n) is 5.08. The number of alkyl carbamates (subject to hydrolysis) is 1. The quantitative estimate of drug-likeness (QED) is 0.470. The van der Waals surface area contributed by atoms with E-state index in [4.69, 9.17) is 14.5 Å². The fraction of sp³-hybridized carbons (Fsp3) is 0.393. The molecule has 0 unspecified atom stereocenters. The average molecular weight is 557 g/mol. The van der Waals surface area contributed by atoms with E-state index in [0.29, 0.717) is 26.2 Å². The Morgan fingerprint density at radius 3 is 2.45 bits per heavy atom. The van der Waals surface area contributed by atoms with Crippen LogP contribution in [0.4, 0.5) is 4.79 Å². The summed E-state index contributed by atoms with van der Waals surface area (Å²) in [4.78, 5) is 35.7. The minimum absolute atomic E-state index is 0. The van der Waals surface area contributed by atoms with Gasteiger partial charge in [-0.3, -0.25) is 4.79 Å². The molecule has 0 spiro atoms. The number of imidazole rings is 1. The van der Waals surface area contributed by atoms with Gasteiger partial charge in [-0.2, -0.15) is 27.0 Å². The van der Waals surface area contributed by atoms with E-state index in [1.165, 1.54) is 12.7 Å². The Hall–Kier alpha value is -2.95. The molecule has 2 bridgehead atoms. The van der Waals surface area contributed by atoms with Crippen LogP contribution in [0.5, 0.6) is 0 Å². The third kappa shape index (κ3) is 6.54. The number of carbonyl (C=O) groups excluding carboxylic acids is 2. The molecule has 8 nitrogen and oxygen atoms in total. The predicted octanol–water partition coefficient (Wildman–Crippen LogP) is 5.06. The van der Waals surface area contributed by atoms with Crippen molar-refractivity contribution in [3.8, 4) is 22.4 Å². The van der Waals surface area contributed by atoms with Gasteiger partial charge in [0, 0.05) is 18.7 Å². The molecule has 3 heterocycles. The summed E-state index contributed by atoms with van der Waals surface area (Å²) in [6.07, 6.45) is 3.21. The molecule has 1 aromatic heterocycles. The van der Waals surface area contributed by atoms with Crippen molar-refractivity contribution in [3.05, 3.63) is 66.1 Å². The number of aromatic nitrogens is 2. The largest absolute Gasteiger partial charge is 0.453 e. The Morgan fingerprint density at radius 1 is 1.00 bits per heavy atom. The first-order valence-electron chi connectivity index (χ1n) is 12.6. The highest BCUT2D eigenvalue weighted by atomic mass is 32.1. The SMILES string of the molecule is COC(=O)N[C@H]1CCCCOCc2[nH]c(nc2-c2ccc(-c3ccccc3)cc2)[C@@H]2CCCN2C1=O.S.S. The average Bonchev–Trinajstić information content (AvgIpc) is 3.57. The normalized spacial score (nSPS) is 19.5. The zero-order valence-electron chi connectivity index (χ0n) is 21.5. The monoisotopic (exact) mass is 556 g/mol. The van der Waals surface area contributed by atoms with Gasteiger partial charge in [0.15, 0.2) is 0 Å². The lowest BCUT2D eigenvalue weighted by molar-refractivity contribution is -0.134. The number of methoxy groups -OCH3 is 1. The first-order valence-corrected chi connectivity index (χ1v) is 12.6. The van der Waals surface area contributed by atoms with E-state index < -0.39 is 12.1 Å². The van der Waals surface area contributed by atoms with E-state index in [0.717, 1.165) is 54.0 Å². The number of carbonyl (C=O) groups is 2. The van der Waals surface area contributed by atoms with E-state index >= 15 is 0 Å². The standard InChI is InChI=1S/C28H32N4O4.2H2S/c1-35-28(34)30-22-10-5-6-17-36-18-23-25(31-26(29-23)24-11-7-16-32(24)27(22)33)21-14-12-20(13-15-21)19-8-3-2-4-9-19;;/h2-4,8-9,12-15,22,24H,5-7,10-11,16-18H2,1H3,(H,29,31)(H,30,34);2*1H2/t22-,24-;;/m0../s1. The van der Waals surface area contributed by atoms with Crippen molar-refractivity contribution < 1.29 is 19.1 Å². The van der Waals surface area contributed by atoms with Crippen molar-refractivity contribution in [2.45, 2.75) is 50.8 Å². The van der Waals surface area contributed by atoms with Crippen molar-refractivity contribution >= 4 is 39.0 Å². The number of benzene rings is 2. The third-order valence-electron chi connectivity index (χ3n) is 6.97. The maximum atomic E-state index is 13.5. The molecular formula is C28H36N4O4S2. The van der Waals surface area contributed by atoms with E-state index in [1.54, 1.807) is 0 Å². The summed E-state index contributed by atoms with van der Waals surface area (Å²) in [7, 11) is 1.31. The van der Waals surface area contributed by atoms with Gasteiger partial charge < -0.3 is 24.7 Å². The number of hydrogen-bond donors (Lipinski definition) is 2. The van der Waals surface area contributed by atoms with Crippen molar-refractivity contribution in [3.63, 3.8) is 0 Å². The number of rotatable bonds is 3. The van der Waals surface area contributed by atoms with Crippen LogP contribution in [0.25, 0.3) is 22.4 Å². The van der Waals surface area contributed by atoms with Crippen molar-refractivity contribution in [1.29, 1.82) is 0 Å². The molecule has 2 N–H and O–H groups in total. The van der Waals surface area contributed by atoms with Gasteiger partial charge in [0.1, 0.15) is 11.9 Å². The van der Waals surface area contributed by atoms with Crippen LogP contribution in [0, 0.1) is 0 Å². The molecule has 3 aromatic rings. The second-order valence-corrected chi connectivity index (χ2v) is 9.32. The van der Waals surface area contributed by atoms with Crippen molar-refractivity contribution in [2.75, 3.05) is 20.3 Å². The molecule has 0 radical (unpaired) electrons. The predicted molar refractivity (Wildman–Crippen MR) is 157 cm³/mol. The first kappa shape index (κ1) is 29.6. The highest BCUT2D eigenvalue weighted by Crippen LogP contribution is 2.35. The van der Waals surface area contributed by atoms with Gasteiger partial charge in [0.2, 0.25) is 5.91 Å². The van der Waals surface area contributed by atoms with Crippen LogP contribution in [0.2, 0.25) is 0 Å². The van der Waals surface area contributed by atoms with Gasteiger partial charge in [0.05, 0.1) is 31.1 Å². The number of nitrogens with one attached hydrogen (secondary N) is 2. The second kappa shape index (κ2) is 13.7. The van der Waals surface area contributed by atoms with E-state index in [1.807, 2.05) is 23.1 Å². The molecule has 1 saturated heterocycles. The summed E-state index contributed by atoms with van der Waals surface area (Å²) >= 11 is 0. The summed E-state index contributed by atoms with van der Waals surface area (Å²) in [6, 6.07) is 17.9.